The SMILES string of the molecule is C=CC(C)(C)c1[nH]c2c(CC=C(C)C)cccc2c1C1=C(OC)C(=O)C(c2c[nH]c3ccccc23)=C(OC)C1=O. The van der Waals surface area contributed by atoms with Gasteiger partial charge < -0.3 is 19.4 Å². The molecule has 0 saturated carbocycles. The second-order valence-electron chi connectivity index (χ2n) is 10.8. The number of carbonyl (C=O) groups is 2. The van der Waals surface area contributed by atoms with Gasteiger partial charge in [0.05, 0.1) is 25.4 Å². The molecule has 0 unspecified atom stereocenters. The van der Waals surface area contributed by atoms with E-state index in [2.05, 4.69) is 42.5 Å². The maximum absolute atomic E-state index is 14.4. The quantitative estimate of drug-likeness (QED) is 0.185. The number of fused-ring (bicyclic) bond motifs is 2. The number of hydrogen-bond acceptors (Lipinski definition) is 4. The van der Waals surface area contributed by atoms with Crippen molar-refractivity contribution in [2.24, 2.45) is 0 Å². The lowest BCUT2D eigenvalue weighted by Crippen LogP contribution is -2.26. The molecule has 6 heteroatoms. The van der Waals surface area contributed by atoms with Gasteiger partial charge in [0, 0.05) is 50.2 Å². The van der Waals surface area contributed by atoms with Gasteiger partial charge in [-0.05, 0) is 31.9 Å². The van der Waals surface area contributed by atoms with Gasteiger partial charge in [-0.15, -0.1) is 6.58 Å². The number of Topliss-reactive ketones (excluding diaryl/α,β-unsaturated/α-hetero) is 2. The minimum absolute atomic E-state index is 0.0112. The first-order valence-electron chi connectivity index (χ1n) is 13.3. The maximum atomic E-state index is 14.4. The first-order valence-corrected chi connectivity index (χ1v) is 13.3. The van der Waals surface area contributed by atoms with Crippen LogP contribution in [0.2, 0.25) is 0 Å². The van der Waals surface area contributed by atoms with Gasteiger partial charge in [-0.3, -0.25) is 9.59 Å². The summed E-state index contributed by atoms with van der Waals surface area (Å²) in [5, 5.41) is 1.65. The lowest BCUT2D eigenvalue weighted by Gasteiger charge is -2.26. The number of para-hydroxylation sites is 2. The minimum Gasteiger partial charge on any atom is -0.492 e. The summed E-state index contributed by atoms with van der Waals surface area (Å²) in [7, 11) is 2.85. The predicted molar refractivity (Wildman–Crippen MR) is 161 cm³/mol. The zero-order valence-corrected chi connectivity index (χ0v) is 23.8. The Balaban J connectivity index is 1.82. The van der Waals surface area contributed by atoms with Crippen LogP contribution >= 0.6 is 0 Å². The summed E-state index contributed by atoms with van der Waals surface area (Å²) >= 11 is 0. The highest BCUT2D eigenvalue weighted by Gasteiger charge is 2.42. The smallest absolute Gasteiger partial charge is 0.232 e. The summed E-state index contributed by atoms with van der Waals surface area (Å²) in [5.74, 6) is -0.835. The van der Waals surface area contributed by atoms with Crippen molar-refractivity contribution in [3.05, 3.63) is 107 Å². The Labute approximate surface area is 234 Å². The molecular formula is C34H34N2O4. The van der Waals surface area contributed by atoms with Gasteiger partial charge in [-0.1, -0.05) is 68.0 Å². The molecule has 0 radical (unpaired) electrons. The Morgan fingerprint density at radius 1 is 0.925 bits per heavy atom. The van der Waals surface area contributed by atoms with Gasteiger partial charge in [-0.25, -0.2) is 0 Å². The molecule has 0 spiro atoms. The average Bonchev–Trinajstić information content (AvgIpc) is 3.55. The van der Waals surface area contributed by atoms with Crippen LogP contribution in [-0.4, -0.2) is 35.8 Å². The van der Waals surface area contributed by atoms with Gasteiger partial charge >= 0.3 is 0 Å². The number of hydrogen-bond donors (Lipinski definition) is 2. The molecule has 6 nitrogen and oxygen atoms in total. The van der Waals surface area contributed by atoms with Crippen LogP contribution in [0.15, 0.2) is 84.5 Å². The molecule has 0 bridgehead atoms. The first kappa shape index (κ1) is 27.0. The van der Waals surface area contributed by atoms with E-state index in [1.54, 1.807) is 6.20 Å². The predicted octanol–water partition coefficient (Wildman–Crippen LogP) is 7.19. The largest absolute Gasteiger partial charge is 0.492 e. The van der Waals surface area contributed by atoms with Gasteiger partial charge in [0.2, 0.25) is 11.6 Å². The number of ether oxygens (including phenoxy) is 2. The van der Waals surface area contributed by atoms with Crippen molar-refractivity contribution >= 4 is 44.5 Å². The number of aromatic nitrogens is 2. The zero-order chi connectivity index (χ0) is 28.8. The fraction of sp³-hybridized carbons (Fsp3) is 0.235. The summed E-state index contributed by atoms with van der Waals surface area (Å²) < 4.78 is 11.5. The Bertz CT molecular complexity index is 1780. The fourth-order valence-electron chi connectivity index (χ4n) is 5.41. The number of carbonyl (C=O) groups excluding carboxylic acids is 2. The number of benzene rings is 2. The van der Waals surface area contributed by atoms with Gasteiger partial charge in [0.15, 0.2) is 11.5 Å². The van der Waals surface area contributed by atoms with Crippen LogP contribution in [0.25, 0.3) is 33.0 Å². The highest BCUT2D eigenvalue weighted by atomic mass is 16.5. The second-order valence-corrected chi connectivity index (χ2v) is 10.8. The minimum atomic E-state index is -0.550. The Morgan fingerprint density at radius 2 is 1.57 bits per heavy atom. The summed E-state index contributed by atoms with van der Waals surface area (Å²) in [6.45, 7) is 12.2. The van der Waals surface area contributed by atoms with Crippen LogP contribution in [-0.2, 0) is 30.9 Å². The summed E-state index contributed by atoms with van der Waals surface area (Å²) in [6, 6.07) is 13.6. The standard InChI is InChI=1S/C34H34N2O4/c1-8-34(4,5)33-25(22-14-11-12-20(28(22)36-33)17-16-19(2)3)27-30(38)31(39-6)26(29(37)32(27)40-7)23-18-35-24-15-10-9-13-21(23)24/h8-16,18,35-36H,1,17H2,2-7H3. The molecule has 40 heavy (non-hydrogen) atoms. The summed E-state index contributed by atoms with van der Waals surface area (Å²) in [5.41, 5.74) is 5.87. The van der Waals surface area contributed by atoms with E-state index in [0.29, 0.717) is 11.1 Å². The van der Waals surface area contributed by atoms with Gasteiger partial charge in [0.1, 0.15) is 0 Å². The molecule has 0 aliphatic heterocycles. The lowest BCUT2D eigenvalue weighted by molar-refractivity contribution is -0.117. The van der Waals surface area contributed by atoms with Crippen LogP contribution in [0.3, 0.4) is 0 Å². The van der Waals surface area contributed by atoms with Crippen molar-refractivity contribution < 1.29 is 19.1 Å². The molecule has 0 atom stereocenters. The van der Waals surface area contributed by atoms with E-state index in [0.717, 1.165) is 39.5 Å². The highest BCUT2D eigenvalue weighted by molar-refractivity contribution is 6.48. The van der Waals surface area contributed by atoms with Crippen molar-refractivity contribution in [2.75, 3.05) is 14.2 Å². The molecule has 0 fully saturated rings. The molecule has 5 rings (SSSR count). The van der Waals surface area contributed by atoms with E-state index >= 15 is 0 Å². The van der Waals surface area contributed by atoms with Gasteiger partial charge in [-0.2, -0.15) is 0 Å². The molecule has 2 aromatic carbocycles. The molecule has 4 aromatic rings. The third kappa shape index (κ3) is 4.20. The van der Waals surface area contributed by atoms with Crippen molar-refractivity contribution in [1.82, 2.24) is 9.97 Å². The van der Waals surface area contributed by atoms with E-state index < -0.39 is 17.0 Å². The Kier molecular flexibility index (Phi) is 6.88. The number of methoxy groups -OCH3 is 2. The van der Waals surface area contributed by atoms with E-state index in [1.165, 1.54) is 19.8 Å². The van der Waals surface area contributed by atoms with Crippen molar-refractivity contribution in [2.45, 2.75) is 39.5 Å². The van der Waals surface area contributed by atoms with Crippen LogP contribution in [0, 0.1) is 0 Å². The van der Waals surface area contributed by atoms with Crippen molar-refractivity contribution in [1.29, 1.82) is 0 Å². The Hall–Kier alpha value is -4.58. The molecule has 1 aliphatic rings. The van der Waals surface area contributed by atoms with Crippen LogP contribution in [0.1, 0.15) is 50.1 Å². The fourth-order valence-corrected chi connectivity index (χ4v) is 5.41. The zero-order valence-electron chi connectivity index (χ0n) is 23.8. The third-order valence-electron chi connectivity index (χ3n) is 7.64. The number of rotatable bonds is 8. The molecule has 0 amide bonds. The number of allylic oxidation sites excluding steroid dienone is 5. The van der Waals surface area contributed by atoms with E-state index in [4.69, 9.17) is 9.47 Å². The number of H-pyrrole nitrogens is 2. The average molecular weight is 535 g/mol. The second kappa shape index (κ2) is 10.2. The van der Waals surface area contributed by atoms with Gasteiger partial charge in [0.25, 0.3) is 0 Å². The van der Waals surface area contributed by atoms with Crippen LogP contribution in [0.5, 0.6) is 0 Å². The third-order valence-corrected chi connectivity index (χ3v) is 7.64. The van der Waals surface area contributed by atoms with E-state index in [9.17, 15) is 9.59 Å². The number of nitrogens with one attached hydrogen (secondary N) is 2. The first-order chi connectivity index (χ1) is 19.1. The van der Waals surface area contributed by atoms with Crippen molar-refractivity contribution in [3.63, 3.8) is 0 Å². The number of ketones is 2. The molecular weight excluding hydrogens is 500 g/mol. The normalized spacial score (nSPS) is 14.3. The molecule has 2 aromatic heterocycles. The molecule has 0 saturated heterocycles. The Morgan fingerprint density at radius 3 is 2.25 bits per heavy atom. The van der Waals surface area contributed by atoms with Crippen LogP contribution < -0.4 is 0 Å². The van der Waals surface area contributed by atoms with E-state index in [1.807, 2.05) is 56.3 Å². The lowest BCUT2D eigenvalue weighted by atomic mass is 9.80. The highest BCUT2D eigenvalue weighted by Crippen LogP contribution is 2.44. The summed E-state index contributed by atoms with van der Waals surface area (Å²) in [6.07, 6.45) is 6.46. The van der Waals surface area contributed by atoms with E-state index in [-0.39, 0.29) is 22.7 Å². The molecule has 2 heterocycles. The molecule has 204 valence electrons. The maximum Gasteiger partial charge on any atom is 0.232 e. The van der Waals surface area contributed by atoms with Crippen LogP contribution in [0.4, 0.5) is 0 Å². The molecule has 2 N–H and O–H groups in total. The monoisotopic (exact) mass is 534 g/mol. The number of aromatic amines is 2. The van der Waals surface area contributed by atoms with Crippen molar-refractivity contribution in [3.8, 4) is 0 Å². The topological polar surface area (TPSA) is 84.2 Å². The molecule has 1 aliphatic carbocycles. The summed E-state index contributed by atoms with van der Waals surface area (Å²) in [4.78, 5) is 35.4.